The first-order valence-corrected chi connectivity index (χ1v) is 13.2. The fourth-order valence-electron chi connectivity index (χ4n) is 7.22. The van der Waals surface area contributed by atoms with E-state index in [0.29, 0.717) is 11.1 Å². The summed E-state index contributed by atoms with van der Waals surface area (Å²) in [6.07, 6.45) is 0.568. The maximum absolute atomic E-state index is 16.0. The molecule has 4 aliphatic rings. The van der Waals surface area contributed by atoms with Gasteiger partial charge in [-0.2, -0.15) is 0 Å². The van der Waals surface area contributed by atoms with Crippen molar-refractivity contribution in [3.63, 3.8) is 0 Å². The van der Waals surface area contributed by atoms with Crippen molar-refractivity contribution in [1.29, 1.82) is 0 Å². The number of amides is 1. The van der Waals surface area contributed by atoms with Gasteiger partial charge in [0.05, 0.1) is 17.5 Å². The second-order valence-corrected chi connectivity index (χ2v) is 12.3. The monoisotopic (exact) mass is 543 g/mol. The molecule has 39 heavy (non-hydrogen) atoms. The first kappa shape index (κ1) is 27.5. The summed E-state index contributed by atoms with van der Waals surface area (Å²) in [4.78, 5) is 69.7. The number of hydrogen-bond donors (Lipinski definition) is 3. The molecule has 210 valence electrons. The van der Waals surface area contributed by atoms with Crippen LogP contribution in [-0.2, 0) is 38.7 Å². The number of aromatic hydroxyl groups is 1. The van der Waals surface area contributed by atoms with Gasteiger partial charge in [0.15, 0.2) is 34.7 Å². The summed E-state index contributed by atoms with van der Waals surface area (Å²) in [7, 11) is 3.03. The van der Waals surface area contributed by atoms with Crippen LogP contribution in [0, 0.1) is 29.5 Å². The summed E-state index contributed by atoms with van der Waals surface area (Å²) in [6, 6.07) is -1.20. The number of hydrogen-bond acceptors (Lipinski definition) is 9. The van der Waals surface area contributed by atoms with Gasteiger partial charge >= 0.3 is 0 Å². The molecule has 6 atom stereocenters. The molecule has 4 N–H and O–H groups in total. The number of primary amides is 1. The van der Waals surface area contributed by atoms with E-state index in [4.69, 9.17) is 5.73 Å². The van der Waals surface area contributed by atoms with Gasteiger partial charge in [0, 0.05) is 41.2 Å². The Bertz CT molecular complexity index is 1360. The van der Waals surface area contributed by atoms with E-state index in [1.54, 1.807) is 0 Å². The maximum Gasteiger partial charge on any atom is 0.235 e. The Morgan fingerprint density at radius 1 is 1.13 bits per heavy atom. The number of phenols is 1. The lowest BCUT2D eigenvalue weighted by molar-refractivity contribution is -0.181. The highest BCUT2D eigenvalue weighted by Gasteiger charge is 2.69. The van der Waals surface area contributed by atoms with Crippen molar-refractivity contribution in [2.24, 2.45) is 29.4 Å². The third kappa shape index (κ3) is 3.52. The number of nitrogens with two attached hydrogens (primary N) is 1. The van der Waals surface area contributed by atoms with Crippen LogP contribution in [0.5, 0.6) is 5.75 Å². The third-order valence-electron chi connectivity index (χ3n) is 9.79. The van der Waals surface area contributed by atoms with Gasteiger partial charge in [-0.1, -0.05) is 6.92 Å². The van der Waals surface area contributed by atoms with Crippen molar-refractivity contribution in [2.75, 3.05) is 14.1 Å². The molecule has 0 bridgehead atoms. The molecular weight excluding hydrogens is 509 g/mol. The number of aliphatic hydroxyl groups is 1. The maximum atomic E-state index is 16.0. The van der Waals surface area contributed by atoms with E-state index in [9.17, 15) is 34.2 Å². The van der Waals surface area contributed by atoms with Crippen molar-refractivity contribution < 1.29 is 38.6 Å². The van der Waals surface area contributed by atoms with Gasteiger partial charge in [0.25, 0.3) is 0 Å². The molecule has 1 aromatic carbocycles. The predicted octanol–water partition coefficient (Wildman–Crippen LogP) is 0.510. The molecule has 2 saturated carbocycles. The van der Waals surface area contributed by atoms with Crippen molar-refractivity contribution in [2.45, 2.75) is 70.3 Å². The topological polar surface area (TPSA) is 158 Å². The molecule has 1 amide bonds. The molecule has 1 aromatic rings. The van der Waals surface area contributed by atoms with E-state index in [0.717, 1.165) is 6.42 Å². The number of carbonyl (C=O) groups excluding carboxylic acids is 5. The zero-order valence-corrected chi connectivity index (χ0v) is 22.7. The van der Waals surface area contributed by atoms with Crippen LogP contribution in [0.3, 0.4) is 0 Å². The van der Waals surface area contributed by atoms with E-state index in [1.807, 2.05) is 25.7 Å². The van der Waals surface area contributed by atoms with Gasteiger partial charge in [0.2, 0.25) is 5.91 Å². The minimum absolute atomic E-state index is 0.0109. The summed E-state index contributed by atoms with van der Waals surface area (Å²) < 4.78 is 16.0. The number of fused-ring (bicyclic) bond motifs is 4. The minimum Gasteiger partial charge on any atom is -0.507 e. The van der Waals surface area contributed by atoms with Gasteiger partial charge in [0.1, 0.15) is 11.6 Å². The molecule has 0 aromatic heterocycles. The van der Waals surface area contributed by atoms with E-state index in [2.05, 4.69) is 0 Å². The zero-order valence-electron chi connectivity index (χ0n) is 22.7. The highest BCUT2D eigenvalue weighted by atomic mass is 19.1. The number of rotatable bonds is 4. The molecule has 5 rings (SSSR count). The lowest BCUT2D eigenvalue weighted by Crippen LogP contribution is -2.74. The van der Waals surface area contributed by atoms with Crippen molar-refractivity contribution in [3.8, 4) is 5.75 Å². The number of ketones is 4. The predicted molar refractivity (Wildman–Crippen MR) is 135 cm³/mol. The number of nitrogens with zero attached hydrogens (tertiary/aromatic N) is 2. The van der Waals surface area contributed by atoms with Crippen LogP contribution in [0.15, 0.2) is 0 Å². The van der Waals surface area contributed by atoms with E-state index in [-0.39, 0.29) is 48.3 Å². The molecule has 11 heteroatoms. The number of carbonyl (C=O) groups is 5. The van der Waals surface area contributed by atoms with E-state index >= 15 is 4.39 Å². The lowest BCUT2D eigenvalue weighted by atomic mass is 9.52. The highest BCUT2D eigenvalue weighted by molar-refractivity contribution is 6.32. The molecule has 1 heterocycles. The van der Waals surface area contributed by atoms with Gasteiger partial charge < -0.3 is 15.9 Å². The van der Waals surface area contributed by atoms with Crippen LogP contribution in [0.4, 0.5) is 4.39 Å². The summed E-state index contributed by atoms with van der Waals surface area (Å²) in [5.41, 5.74) is 2.56. The first-order valence-electron chi connectivity index (χ1n) is 13.2. The number of phenolic OH excluding ortho intramolecular Hbond substituents is 1. The quantitative estimate of drug-likeness (QED) is 0.460. The van der Waals surface area contributed by atoms with Crippen LogP contribution in [0.25, 0.3) is 0 Å². The van der Waals surface area contributed by atoms with E-state index in [1.165, 1.54) is 19.0 Å². The SMILES string of the molecule is CCC(C)(C)N1Cc2c(O)c3c(c(F)c2C1)C[C@H]1C[C@H]2[C@H](N(C)C)C(=O)C(C(N)=O)C(=O)[C@@]2(O)C(=O)C1C3=O. The van der Waals surface area contributed by atoms with Gasteiger partial charge in [-0.25, -0.2) is 4.39 Å². The van der Waals surface area contributed by atoms with Gasteiger partial charge in [-0.05, 0) is 53.1 Å². The fourth-order valence-corrected chi connectivity index (χ4v) is 7.22. The van der Waals surface area contributed by atoms with E-state index < -0.39 is 70.2 Å². The average Bonchev–Trinajstić information content (AvgIpc) is 3.31. The second kappa shape index (κ2) is 8.74. The molecule has 0 saturated heterocycles. The smallest absolute Gasteiger partial charge is 0.235 e. The molecule has 1 aliphatic heterocycles. The molecule has 2 fully saturated rings. The molecular formula is C28H34FN3O7. The Hall–Kier alpha value is -3.02. The number of likely N-dealkylation sites (N-methyl/N-ethyl adjacent to an activating group) is 1. The molecule has 10 nitrogen and oxygen atoms in total. The number of halogens is 1. The van der Waals surface area contributed by atoms with Crippen LogP contribution in [0.1, 0.15) is 60.7 Å². The Morgan fingerprint density at radius 3 is 2.31 bits per heavy atom. The Balaban J connectivity index is 1.62. The van der Waals surface area contributed by atoms with Crippen molar-refractivity contribution >= 4 is 29.0 Å². The molecule has 0 radical (unpaired) electrons. The van der Waals surface area contributed by atoms with Gasteiger partial charge in [-0.3, -0.25) is 33.8 Å². The molecule has 0 spiro atoms. The Kier molecular flexibility index (Phi) is 6.17. The minimum atomic E-state index is -2.80. The summed E-state index contributed by atoms with van der Waals surface area (Å²) in [5.74, 6) is -12.1. The highest BCUT2D eigenvalue weighted by Crippen LogP contribution is 2.52. The number of benzene rings is 1. The third-order valence-corrected chi connectivity index (χ3v) is 9.79. The van der Waals surface area contributed by atoms with Crippen molar-refractivity contribution in [3.05, 3.63) is 28.1 Å². The largest absolute Gasteiger partial charge is 0.507 e. The number of Topliss-reactive ketones (excluding diaryl/α,β-unsaturated/α-hetero) is 4. The van der Waals surface area contributed by atoms with Crippen molar-refractivity contribution in [1.82, 2.24) is 9.80 Å². The first-order chi connectivity index (χ1) is 18.1. The van der Waals surface area contributed by atoms with Crippen LogP contribution < -0.4 is 5.73 Å². The average molecular weight is 544 g/mol. The lowest BCUT2D eigenvalue weighted by Gasteiger charge is -2.52. The summed E-state index contributed by atoms with van der Waals surface area (Å²) in [6.45, 7) is 6.50. The normalized spacial score (nSPS) is 32.7. The summed E-state index contributed by atoms with van der Waals surface area (Å²) in [5, 5.41) is 22.9. The zero-order chi connectivity index (χ0) is 28.9. The summed E-state index contributed by atoms with van der Waals surface area (Å²) >= 11 is 0. The molecule has 3 aliphatic carbocycles. The molecule has 2 unspecified atom stereocenters. The Morgan fingerprint density at radius 2 is 1.74 bits per heavy atom. The standard InChI is InChI=1S/C28H34FN3O7/c1-6-27(2,3)32-9-13-14(10-32)21(33)17-12(19(13)29)7-11-8-15-20(31(4)5)23(35)18(26(30)38)25(37)28(15,39)24(36)16(11)22(17)34/h11,15-16,18,20,33,39H,6-10H2,1-5H3,(H2,30,38)/t11-,15-,16?,18?,20-,28-/m0/s1. The second-order valence-electron chi connectivity index (χ2n) is 12.3. The van der Waals surface area contributed by atoms with Crippen LogP contribution >= 0.6 is 0 Å². The van der Waals surface area contributed by atoms with Gasteiger partial charge in [-0.15, -0.1) is 0 Å². The van der Waals surface area contributed by atoms with Crippen LogP contribution in [0.2, 0.25) is 0 Å². The Labute approximate surface area is 225 Å². The van der Waals surface area contributed by atoms with Crippen LogP contribution in [-0.4, -0.2) is 80.3 Å². The fraction of sp³-hybridized carbons (Fsp3) is 0.607.